The van der Waals surface area contributed by atoms with Gasteiger partial charge in [-0.3, -0.25) is 5.10 Å². The molecule has 3 saturated heterocycles. The van der Waals surface area contributed by atoms with E-state index in [4.69, 9.17) is 9.72 Å². The van der Waals surface area contributed by atoms with E-state index >= 15 is 0 Å². The van der Waals surface area contributed by atoms with Crippen LogP contribution in [0.25, 0.3) is 0 Å². The maximum Gasteiger partial charge on any atom is 0.244 e. The number of nitrogens with zero attached hydrogens (tertiary/aromatic N) is 4. The molecule has 0 spiro atoms. The Bertz CT molecular complexity index is 740. The van der Waals surface area contributed by atoms with Crippen molar-refractivity contribution in [3.63, 3.8) is 0 Å². The van der Waals surface area contributed by atoms with E-state index in [9.17, 15) is 4.39 Å². The molecule has 0 saturated carbocycles. The van der Waals surface area contributed by atoms with E-state index < -0.39 is 0 Å². The van der Waals surface area contributed by atoms with Crippen molar-refractivity contribution in [3.05, 3.63) is 35.9 Å². The molecule has 7 heteroatoms. The van der Waals surface area contributed by atoms with Gasteiger partial charge in [0.05, 0.1) is 12.2 Å². The molecule has 1 aromatic heterocycles. The van der Waals surface area contributed by atoms with Gasteiger partial charge < -0.3 is 14.5 Å². The van der Waals surface area contributed by atoms with Crippen LogP contribution in [-0.4, -0.2) is 53.6 Å². The first-order chi connectivity index (χ1) is 12.3. The van der Waals surface area contributed by atoms with Crippen LogP contribution in [0, 0.1) is 5.82 Å². The fourth-order valence-corrected chi connectivity index (χ4v) is 4.31. The summed E-state index contributed by atoms with van der Waals surface area (Å²) in [6.45, 7) is 3.49. The van der Waals surface area contributed by atoms with Crippen LogP contribution >= 0.6 is 0 Å². The third-order valence-electron chi connectivity index (χ3n) is 5.70. The van der Waals surface area contributed by atoms with Gasteiger partial charge in [-0.1, -0.05) is 0 Å². The van der Waals surface area contributed by atoms with Crippen molar-refractivity contribution in [2.75, 3.05) is 36.0 Å². The average molecular weight is 343 g/mol. The number of anilines is 2. The Hall–Kier alpha value is -2.15. The van der Waals surface area contributed by atoms with E-state index in [-0.39, 0.29) is 5.82 Å². The summed E-state index contributed by atoms with van der Waals surface area (Å²) < 4.78 is 19.0. The van der Waals surface area contributed by atoms with Gasteiger partial charge in [0.15, 0.2) is 0 Å². The molecule has 3 aliphatic heterocycles. The summed E-state index contributed by atoms with van der Waals surface area (Å²) >= 11 is 0. The molecule has 3 aliphatic rings. The summed E-state index contributed by atoms with van der Waals surface area (Å²) in [4.78, 5) is 9.24. The van der Waals surface area contributed by atoms with Gasteiger partial charge in [-0.05, 0) is 43.5 Å². The van der Waals surface area contributed by atoms with Crippen molar-refractivity contribution >= 4 is 11.6 Å². The summed E-state index contributed by atoms with van der Waals surface area (Å²) in [6, 6.07) is 6.71. The molecule has 1 N–H and O–H groups in total. The molecule has 3 fully saturated rings. The van der Waals surface area contributed by atoms with Crippen molar-refractivity contribution in [1.82, 2.24) is 15.2 Å². The first kappa shape index (κ1) is 15.1. The lowest BCUT2D eigenvalue weighted by molar-refractivity contribution is 0.0999. The smallest absolute Gasteiger partial charge is 0.244 e. The highest BCUT2D eigenvalue weighted by Crippen LogP contribution is 2.43. The second-order valence-electron chi connectivity index (χ2n) is 7.19. The van der Waals surface area contributed by atoms with Crippen LogP contribution in [0.15, 0.2) is 24.3 Å². The first-order valence-electron chi connectivity index (χ1n) is 9.09. The number of ether oxygens (including phenoxy) is 1. The lowest BCUT2D eigenvalue weighted by Gasteiger charge is -2.35. The number of benzene rings is 1. The van der Waals surface area contributed by atoms with Crippen LogP contribution in [0.5, 0.6) is 0 Å². The molecular formula is C18H22FN5O. The molecule has 4 heterocycles. The summed E-state index contributed by atoms with van der Waals surface area (Å²) in [5, 5.41) is 7.58. The number of hydrogen-bond acceptors (Lipinski definition) is 5. The van der Waals surface area contributed by atoms with Crippen molar-refractivity contribution in [3.8, 4) is 0 Å². The largest absolute Gasteiger partial charge is 0.374 e. The van der Waals surface area contributed by atoms with Crippen molar-refractivity contribution in [2.24, 2.45) is 0 Å². The zero-order chi connectivity index (χ0) is 16.8. The molecule has 5 rings (SSSR count). The Labute approximate surface area is 146 Å². The first-order valence-corrected chi connectivity index (χ1v) is 9.09. The minimum Gasteiger partial charge on any atom is -0.374 e. The highest BCUT2D eigenvalue weighted by Gasteiger charge is 2.43. The number of fused-ring (bicyclic) bond motifs is 2. The highest BCUT2D eigenvalue weighted by molar-refractivity contribution is 5.48. The standard InChI is InChI=1S/C18H22FN5O/c19-12-1-3-13(4-2-12)23-7-9-24(10-8-23)18-20-17(21-22-18)15-11-14-5-6-16(15)25-14/h1-4,14-16H,5-11H2,(H,20,21,22). The van der Waals surface area contributed by atoms with Crippen LogP contribution in [0.3, 0.4) is 0 Å². The maximum atomic E-state index is 13.1. The molecule has 2 bridgehead atoms. The van der Waals surface area contributed by atoms with E-state index in [1.807, 2.05) is 12.1 Å². The van der Waals surface area contributed by atoms with Gasteiger partial charge in [-0.2, -0.15) is 4.98 Å². The Morgan fingerprint density at radius 2 is 1.80 bits per heavy atom. The van der Waals surface area contributed by atoms with Crippen molar-refractivity contribution < 1.29 is 9.13 Å². The number of aromatic nitrogens is 3. The predicted octanol–water partition coefficient (Wildman–Crippen LogP) is 2.31. The monoisotopic (exact) mass is 343 g/mol. The zero-order valence-corrected chi connectivity index (χ0v) is 14.1. The number of halogens is 1. The van der Waals surface area contributed by atoms with Crippen LogP contribution in [0.2, 0.25) is 0 Å². The summed E-state index contributed by atoms with van der Waals surface area (Å²) in [7, 11) is 0. The van der Waals surface area contributed by atoms with Crippen molar-refractivity contribution in [1.29, 1.82) is 0 Å². The lowest BCUT2D eigenvalue weighted by Crippen LogP contribution is -2.47. The molecule has 0 aliphatic carbocycles. The number of rotatable bonds is 3. The Kier molecular flexibility index (Phi) is 3.62. The Morgan fingerprint density at radius 1 is 1.04 bits per heavy atom. The molecule has 6 nitrogen and oxygen atoms in total. The van der Waals surface area contributed by atoms with Gasteiger partial charge in [-0.25, -0.2) is 4.39 Å². The van der Waals surface area contributed by atoms with Gasteiger partial charge in [0.25, 0.3) is 0 Å². The Morgan fingerprint density at radius 3 is 2.48 bits per heavy atom. The van der Waals surface area contributed by atoms with Gasteiger partial charge in [0.2, 0.25) is 5.95 Å². The quantitative estimate of drug-likeness (QED) is 0.927. The molecule has 3 unspecified atom stereocenters. The number of H-pyrrole nitrogens is 1. The number of hydrogen-bond donors (Lipinski definition) is 1. The van der Waals surface area contributed by atoms with Crippen molar-refractivity contribution in [2.45, 2.75) is 37.4 Å². The third kappa shape index (κ3) is 2.76. The molecule has 1 aromatic carbocycles. The fraction of sp³-hybridized carbons (Fsp3) is 0.556. The molecular weight excluding hydrogens is 321 g/mol. The van der Waals surface area contributed by atoms with Gasteiger partial charge in [-0.15, -0.1) is 5.10 Å². The van der Waals surface area contributed by atoms with Crippen LogP contribution in [0.1, 0.15) is 31.0 Å². The third-order valence-corrected chi connectivity index (χ3v) is 5.70. The topological polar surface area (TPSA) is 57.3 Å². The SMILES string of the molecule is Fc1ccc(N2CCN(c3n[nH]c(C4CC5CCC4O5)n3)CC2)cc1. The molecule has 3 atom stereocenters. The molecule has 2 aromatic rings. The molecule has 25 heavy (non-hydrogen) atoms. The zero-order valence-electron chi connectivity index (χ0n) is 14.1. The molecule has 0 amide bonds. The Balaban J connectivity index is 1.23. The van der Waals surface area contributed by atoms with E-state index in [1.165, 1.54) is 18.6 Å². The molecule has 132 valence electrons. The van der Waals surface area contributed by atoms with Crippen LogP contribution in [0.4, 0.5) is 16.0 Å². The minimum atomic E-state index is -0.194. The average Bonchev–Trinajstić information content (AvgIpc) is 3.39. The normalized spacial score (nSPS) is 28.8. The number of piperazine rings is 1. The highest BCUT2D eigenvalue weighted by atomic mass is 19.1. The van der Waals surface area contributed by atoms with E-state index in [0.29, 0.717) is 18.1 Å². The van der Waals surface area contributed by atoms with Gasteiger partial charge in [0.1, 0.15) is 11.6 Å². The molecule has 0 radical (unpaired) electrons. The maximum absolute atomic E-state index is 13.1. The van der Waals surface area contributed by atoms with E-state index in [2.05, 4.69) is 20.0 Å². The lowest BCUT2D eigenvalue weighted by atomic mass is 9.89. The summed E-state index contributed by atoms with van der Waals surface area (Å²) in [5.74, 6) is 1.94. The summed E-state index contributed by atoms with van der Waals surface area (Å²) in [6.07, 6.45) is 4.14. The van der Waals surface area contributed by atoms with E-state index in [1.54, 1.807) is 0 Å². The number of nitrogens with one attached hydrogen (secondary N) is 1. The van der Waals surface area contributed by atoms with E-state index in [0.717, 1.165) is 56.5 Å². The van der Waals surface area contributed by atoms with Crippen LogP contribution in [-0.2, 0) is 4.74 Å². The van der Waals surface area contributed by atoms with Crippen LogP contribution < -0.4 is 9.80 Å². The number of aromatic amines is 1. The minimum absolute atomic E-state index is 0.194. The fourth-order valence-electron chi connectivity index (χ4n) is 4.31. The van der Waals surface area contributed by atoms with Gasteiger partial charge >= 0.3 is 0 Å². The summed E-state index contributed by atoms with van der Waals surface area (Å²) in [5.41, 5.74) is 1.07. The van der Waals surface area contributed by atoms with Gasteiger partial charge in [0, 0.05) is 37.8 Å². The second-order valence-corrected chi connectivity index (χ2v) is 7.19. The second kappa shape index (κ2) is 5.98. The predicted molar refractivity (Wildman–Crippen MR) is 92.5 cm³/mol.